The average molecular weight is 370 g/mol. The predicted octanol–water partition coefficient (Wildman–Crippen LogP) is 2.57. The first-order chi connectivity index (χ1) is 13.1. The fraction of sp³-hybridized carbons (Fsp3) is 0.600. The molecule has 0 bridgehead atoms. The lowest BCUT2D eigenvalue weighted by atomic mass is 9.98. The summed E-state index contributed by atoms with van der Waals surface area (Å²) in [7, 11) is 0. The lowest BCUT2D eigenvalue weighted by Crippen LogP contribution is -2.37. The Morgan fingerprint density at radius 2 is 2.04 bits per heavy atom. The minimum Gasteiger partial charge on any atom is -0.381 e. The van der Waals surface area contributed by atoms with E-state index in [4.69, 9.17) is 9.26 Å². The smallest absolute Gasteiger partial charge is 0.225 e. The van der Waals surface area contributed by atoms with Crippen LogP contribution in [0.1, 0.15) is 36.4 Å². The molecular weight excluding hydrogens is 344 g/mol. The van der Waals surface area contributed by atoms with Crippen LogP contribution in [0.3, 0.4) is 0 Å². The molecule has 7 heteroatoms. The van der Waals surface area contributed by atoms with Gasteiger partial charge >= 0.3 is 0 Å². The van der Waals surface area contributed by atoms with Crippen LogP contribution in [-0.4, -0.2) is 52.2 Å². The Morgan fingerprint density at radius 1 is 1.22 bits per heavy atom. The van der Waals surface area contributed by atoms with Crippen LogP contribution in [0, 0.1) is 25.7 Å². The van der Waals surface area contributed by atoms with Gasteiger partial charge in [0.25, 0.3) is 0 Å². The Bertz CT molecular complexity index is 794. The van der Waals surface area contributed by atoms with Gasteiger partial charge in [-0.1, -0.05) is 5.16 Å². The maximum Gasteiger partial charge on any atom is 0.225 e. The molecule has 0 radical (unpaired) electrons. The van der Waals surface area contributed by atoms with Gasteiger partial charge in [0, 0.05) is 37.9 Å². The molecule has 4 rings (SSSR count). The molecule has 0 aromatic carbocycles. The summed E-state index contributed by atoms with van der Waals surface area (Å²) in [5.74, 6) is 1.66. The van der Waals surface area contributed by atoms with Crippen LogP contribution in [0.25, 0.3) is 11.3 Å². The van der Waals surface area contributed by atoms with Gasteiger partial charge in [-0.3, -0.25) is 4.79 Å². The highest BCUT2D eigenvalue weighted by molar-refractivity contribution is 5.79. The van der Waals surface area contributed by atoms with Crippen LogP contribution in [0.2, 0.25) is 0 Å². The highest BCUT2D eigenvalue weighted by atomic mass is 16.5. The van der Waals surface area contributed by atoms with Crippen molar-refractivity contribution in [3.8, 4) is 11.3 Å². The summed E-state index contributed by atoms with van der Waals surface area (Å²) >= 11 is 0. The van der Waals surface area contributed by atoms with Gasteiger partial charge in [-0.15, -0.1) is 0 Å². The Morgan fingerprint density at radius 3 is 2.78 bits per heavy atom. The molecular formula is C20H26N4O3. The quantitative estimate of drug-likeness (QED) is 0.823. The highest BCUT2D eigenvalue weighted by Gasteiger charge is 2.32. The topological polar surface area (TPSA) is 81.4 Å². The molecule has 2 fully saturated rings. The average Bonchev–Trinajstić information content (AvgIpc) is 3.28. The minimum atomic E-state index is 0.141. The number of ether oxygens (including phenoxy) is 1. The first-order valence-corrected chi connectivity index (χ1v) is 9.72. The van der Waals surface area contributed by atoms with Gasteiger partial charge in [-0.25, -0.2) is 9.97 Å². The number of hydrogen-bond donors (Lipinski definition) is 0. The second kappa shape index (κ2) is 7.76. The molecule has 7 nitrogen and oxygen atoms in total. The summed E-state index contributed by atoms with van der Waals surface area (Å²) in [5, 5.41) is 4.01. The molecule has 0 N–H and O–H groups in total. The van der Waals surface area contributed by atoms with Crippen LogP contribution in [0.15, 0.2) is 16.9 Å². The molecule has 4 heterocycles. The summed E-state index contributed by atoms with van der Waals surface area (Å²) in [6.45, 7) is 6.90. The highest BCUT2D eigenvalue weighted by Crippen LogP contribution is 2.28. The van der Waals surface area contributed by atoms with E-state index in [0.717, 1.165) is 67.2 Å². The number of aromatic nitrogens is 3. The Balaban J connectivity index is 1.40. The molecule has 0 spiro atoms. The summed E-state index contributed by atoms with van der Waals surface area (Å²) in [6.07, 6.45) is 5.20. The number of rotatable bonds is 4. The number of carbonyl (C=O) groups is 1. The number of likely N-dealkylation sites (tertiary alicyclic amines) is 1. The molecule has 1 atom stereocenters. The first kappa shape index (κ1) is 18.1. The fourth-order valence-electron chi connectivity index (χ4n) is 4.19. The van der Waals surface area contributed by atoms with Gasteiger partial charge in [0.2, 0.25) is 5.91 Å². The summed E-state index contributed by atoms with van der Waals surface area (Å²) < 4.78 is 10.6. The van der Waals surface area contributed by atoms with Crippen LogP contribution in [0.5, 0.6) is 0 Å². The molecule has 27 heavy (non-hydrogen) atoms. The second-order valence-corrected chi connectivity index (χ2v) is 7.62. The van der Waals surface area contributed by atoms with E-state index in [1.165, 1.54) is 0 Å². The van der Waals surface area contributed by atoms with Crippen molar-refractivity contribution >= 4 is 5.91 Å². The zero-order chi connectivity index (χ0) is 18.8. The Kier molecular flexibility index (Phi) is 5.20. The maximum absolute atomic E-state index is 12.7. The van der Waals surface area contributed by atoms with Crippen molar-refractivity contribution < 1.29 is 14.1 Å². The van der Waals surface area contributed by atoms with Gasteiger partial charge in [-0.05, 0) is 51.5 Å². The van der Waals surface area contributed by atoms with E-state index < -0.39 is 0 Å². The van der Waals surface area contributed by atoms with Gasteiger partial charge < -0.3 is 14.2 Å². The normalized spacial score (nSPS) is 21.0. The number of carbonyl (C=O) groups excluding carboxylic acids is 1. The van der Waals surface area contributed by atoms with Crippen LogP contribution >= 0.6 is 0 Å². The van der Waals surface area contributed by atoms with Crippen molar-refractivity contribution in [1.29, 1.82) is 0 Å². The molecule has 2 aliphatic heterocycles. The van der Waals surface area contributed by atoms with Crippen molar-refractivity contribution in [3.05, 3.63) is 29.5 Å². The molecule has 0 unspecified atom stereocenters. The molecule has 0 aliphatic carbocycles. The number of aryl methyl sites for hydroxylation is 2. The first-order valence-electron chi connectivity index (χ1n) is 9.72. The van der Waals surface area contributed by atoms with Crippen LogP contribution < -0.4 is 0 Å². The monoisotopic (exact) mass is 370 g/mol. The largest absolute Gasteiger partial charge is 0.381 e. The SMILES string of the molecule is Cc1noc(C)c1-c1cc(C[C@@H]2CCN(C(=O)C3CCOCC3)C2)ncn1. The number of amides is 1. The van der Waals surface area contributed by atoms with E-state index in [1.807, 2.05) is 24.8 Å². The van der Waals surface area contributed by atoms with Gasteiger partial charge in [0.05, 0.1) is 17.0 Å². The van der Waals surface area contributed by atoms with Crippen molar-refractivity contribution in [3.63, 3.8) is 0 Å². The summed E-state index contributed by atoms with van der Waals surface area (Å²) in [5.41, 5.74) is 3.64. The van der Waals surface area contributed by atoms with Gasteiger partial charge in [0.1, 0.15) is 12.1 Å². The van der Waals surface area contributed by atoms with E-state index in [1.54, 1.807) is 6.33 Å². The zero-order valence-corrected chi connectivity index (χ0v) is 16.0. The molecule has 2 saturated heterocycles. The van der Waals surface area contributed by atoms with Gasteiger partial charge in [0.15, 0.2) is 0 Å². The lowest BCUT2D eigenvalue weighted by molar-refractivity contribution is -0.137. The number of nitrogens with zero attached hydrogens (tertiary/aromatic N) is 4. The molecule has 144 valence electrons. The zero-order valence-electron chi connectivity index (χ0n) is 16.0. The van der Waals surface area contributed by atoms with Gasteiger partial charge in [-0.2, -0.15) is 0 Å². The van der Waals surface area contributed by atoms with Crippen LogP contribution in [-0.2, 0) is 16.0 Å². The maximum atomic E-state index is 12.7. The predicted molar refractivity (Wildman–Crippen MR) is 98.9 cm³/mol. The van der Waals surface area contributed by atoms with Crippen molar-refractivity contribution in [2.24, 2.45) is 11.8 Å². The minimum absolute atomic E-state index is 0.141. The third-order valence-corrected chi connectivity index (χ3v) is 5.68. The van der Waals surface area contributed by atoms with Crippen molar-refractivity contribution in [2.45, 2.75) is 39.5 Å². The van der Waals surface area contributed by atoms with Crippen molar-refractivity contribution in [2.75, 3.05) is 26.3 Å². The Hall–Kier alpha value is -2.28. The van der Waals surface area contributed by atoms with E-state index in [0.29, 0.717) is 25.0 Å². The van der Waals surface area contributed by atoms with Crippen LogP contribution in [0.4, 0.5) is 0 Å². The summed E-state index contributed by atoms with van der Waals surface area (Å²) in [4.78, 5) is 23.6. The molecule has 2 aliphatic rings. The standard InChI is InChI=1S/C20H26N4O3/c1-13-19(14(2)27-23-13)18-10-17(21-12-22-18)9-15-3-6-24(11-15)20(25)16-4-7-26-8-5-16/h10,12,15-16H,3-9,11H2,1-2H3/t15-/m0/s1. The third-order valence-electron chi connectivity index (χ3n) is 5.68. The molecule has 2 aromatic rings. The second-order valence-electron chi connectivity index (χ2n) is 7.62. The molecule has 1 amide bonds. The van der Waals surface area contributed by atoms with E-state index >= 15 is 0 Å². The Labute approximate surface area is 159 Å². The van der Waals surface area contributed by atoms with E-state index in [2.05, 4.69) is 15.1 Å². The van der Waals surface area contributed by atoms with Crippen molar-refractivity contribution in [1.82, 2.24) is 20.0 Å². The molecule has 2 aromatic heterocycles. The molecule has 0 saturated carbocycles. The number of hydrogen-bond acceptors (Lipinski definition) is 6. The van der Waals surface area contributed by atoms with E-state index in [9.17, 15) is 4.79 Å². The van der Waals surface area contributed by atoms with E-state index in [-0.39, 0.29) is 5.92 Å². The third kappa shape index (κ3) is 3.88. The fourth-order valence-corrected chi connectivity index (χ4v) is 4.19. The lowest BCUT2D eigenvalue weighted by Gasteiger charge is -2.26. The summed E-state index contributed by atoms with van der Waals surface area (Å²) in [6, 6.07) is 2.02.